The third kappa shape index (κ3) is 4.63. The number of H-pyrrole nitrogens is 1. The van der Waals surface area contributed by atoms with Gasteiger partial charge in [0.25, 0.3) is 0 Å². The summed E-state index contributed by atoms with van der Waals surface area (Å²) in [6, 6.07) is 13.7. The average molecular weight is 426 g/mol. The molecule has 4 rings (SSSR count). The lowest BCUT2D eigenvalue weighted by molar-refractivity contribution is -0.123. The SMILES string of the molecule is COc1ccc2[nH]cc(C3CCN(CC(=O)NC(C)c4ccc(Cl)cc4)CC3)c2c1. The van der Waals surface area contributed by atoms with Crippen molar-refractivity contribution in [2.45, 2.75) is 31.7 Å². The molecule has 0 saturated carbocycles. The Labute approximate surface area is 182 Å². The fraction of sp³-hybridized carbons (Fsp3) is 0.375. The summed E-state index contributed by atoms with van der Waals surface area (Å²) in [5.41, 5.74) is 3.55. The van der Waals surface area contributed by atoms with Crippen LogP contribution in [0.3, 0.4) is 0 Å². The number of carbonyl (C=O) groups excluding carboxylic acids is 1. The summed E-state index contributed by atoms with van der Waals surface area (Å²) in [5, 5.41) is 5.04. The van der Waals surface area contributed by atoms with E-state index >= 15 is 0 Å². The number of nitrogens with zero attached hydrogens (tertiary/aromatic N) is 1. The first-order chi connectivity index (χ1) is 14.5. The minimum Gasteiger partial charge on any atom is -0.497 e. The Hall–Kier alpha value is -2.50. The summed E-state index contributed by atoms with van der Waals surface area (Å²) in [6.45, 7) is 4.28. The van der Waals surface area contributed by atoms with Crippen LogP contribution >= 0.6 is 11.6 Å². The number of likely N-dealkylation sites (tertiary alicyclic amines) is 1. The van der Waals surface area contributed by atoms with Gasteiger partial charge >= 0.3 is 0 Å². The number of halogens is 1. The first-order valence-corrected chi connectivity index (χ1v) is 10.8. The topological polar surface area (TPSA) is 57.4 Å². The summed E-state index contributed by atoms with van der Waals surface area (Å²) in [4.78, 5) is 18.1. The summed E-state index contributed by atoms with van der Waals surface area (Å²) in [5.74, 6) is 1.44. The quantitative estimate of drug-likeness (QED) is 0.591. The molecule has 1 aliphatic rings. The predicted molar refractivity (Wildman–Crippen MR) is 121 cm³/mol. The number of nitrogens with one attached hydrogen (secondary N) is 2. The lowest BCUT2D eigenvalue weighted by atomic mass is 9.89. The maximum Gasteiger partial charge on any atom is 0.234 e. The van der Waals surface area contributed by atoms with Crippen LogP contribution in [0.1, 0.15) is 42.9 Å². The van der Waals surface area contributed by atoms with E-state index in [-0.39, 0.29) is 11.9 Å². The highest BCUT2D eigenvalue weighted by Gasteiger charge is 2.24. The molecule has 30 heavy (non-hydrogen) atoms. The highest BCUT2D eigenvalue weighted by molar-refractivity contribution is 6.30. The van der Waals surface area contributed by atoms with Crippen LogP contribution in [-0.2, 0) is 4.79 Å². The third-order valence-electron chi connectivity index (χ3n) is 6.06. The number of hydrogen-bond acceptors (Lipinski definition) is 3. The summed E-state index contributed by atoms with van der Waals surface area (Å²) < 4.78 is 5.39. The zero-order chi connectivity index (χ0) is 21.1. The number of rotatable bonds is 6. The maximum absolute atomic E-state index is 12.5. The smallest absolute Gasteiger partial charge is 0.234 e. The molecule has 1 aliphatic heterocycles. The monoisotopic (exact) mass is 425 g/mol. The second-order valence-electron chi connectivity index (χ2n) is 8.05. The number of piperidine rings is 1. The second-order valence-corrected chi connectivity index (χ2v) is 8.48. The van der Waals surface area contributed by atoms with Gasteiger partial charge < -0.3 is 15.0 Å². The molecule has 5 nitrogen and oxygen atoms in total. The van der Waals surface area contributed by atoms with Crippen molar-refractivity contribution in [2.75, 3.05) is 26.7 Å². The van der Waals surface area contributed by atoms with E-state index < -0.39 is 0 Å². The summed E-state index contributed by atoms with van der Waals surface area (Å²) in [7, 11) is 1.70. The number of aromatic nitrogens is 1. The van der Waals surface area contributed by atoms with Crippen LogP contribution in [-0.4, -0.2) is 42.5 Å². The summed E-state index contributed by atoms with van der Waals surface area (Å²) >= 11 is 5.94. The van der Waals surface area contributed by atoms with E-state index in [1.165, 1.54) is 10.9 Å². The van der Waals surface area contributed by atoms with Gasteiger partial charge in [-0.3, -0.25) is 9.69 Å². The normalized spacial score (nSPS) is 16.5. The van der Waals surface area contributed by atoms with Gasteiger partial charge in [0.05, 0.1) is 19.7 Å². The number of hydrogen-bond donors (Lipinski definition) is 2. The first kappa shape index (κ1) is 20.8. The Balaban J connectivity index is 1.31. The van der Waals surface area contributed by atoms with Gasteiger partial charge in [-0.2, -0.15) is 0 Å². The van der Waals surface area contributed by atoms with Crippen molar-refractivity contribution >= 4 is 28.4 Å². The van der Waals surface area contributed by atoms with Crippen molar-refractivity contribution in [1.29, 1.82) is 0 Å². The molecular weight excluding hydrogens is 398 g/mol. The molecule has 1 saturated heterocycles. The van der Waals surface area contributed by atoms with Crippen LogP contribution in [0, 0.1) is 0 Å². The van der Waals surface area contributed by atoms with E-state index in [4.69, 9.17) is 16.3 Å². The number of fused-ring (bicyclic) bond motifs is 1. The van der Waals surface area contributed by atoms with Crippen LogP contribution in [0.4, 0.5) is 0 Å². The Morgan fingerprint density at radius 2 is 1.97 bits per heavy atom. The molecular formula is C24H28ClN3O2. The van der Waals surface area contributed by atoms with Crippen molar-refractivity contribution in [3.63, 3.8) is 0 Å². The number of amides is 1. The minimum atomic E-state index is -0.0338. The van der Waals surface area contributed by atoms with Crippen LogP contribution in [0.15, 0.2) is 48.7 Å². The molecule has 158 valence electrons. The molecule has 6 heteroatoms. The number of benzene rings is 2. The van der Waals surface area contributed by atoms with E-state index in [0.717, 1.165) is 42.8 Å². The Bertz CT molecular complexity index is 1010. The molecule has 0 spiro atoms. The van der Waals surface area contributed by atoms with Gasteiger partial charge in [0, 0.05) is 22.1 Å². The first-order valence-electron chi connectivity index (χ1n) is 10.5. The van der Waals surface area contributed by atoms with Gasteiger partial charge in [0.1, 0.15) is 5.75 Å². The van der Waals surface area contributed by atoms with E-state index in [1.807, 2.05) is 37.3 Å². The predicted octanol–water partition coefficient (Wildman–Crippen LogP) is 4.89. The van der Waals surface area contributed by atoms with Crippen molar-refractivity contribution in [3.8, 4) is 5.75 Å². The molecule has 1 atom stereocenters. The number of methoxy groups -OCH3 is 1. The molecule has 1 aromatic heterocycles. The zero-order valence-electron chi connectivity index (χ0n) is 17.5. The summed E-state index contributed by atoms with van der Waals surface area (Å²) in [6.07, 6.45) is 4.22. The van der Waals surface area contributed by atoms with Gasteiger partial charge in [-0.15, -0.1) is 0 Å². The van der Waals surface area contributed by atoms with Gasteiger partial charge in [0.2, 0.25) is 5.91 Å². The van der Waals surface area contributed by atoms with E-state index in [9.17, 15) is 4.79 Å². The van der Waals surface area contributed by atoms with Crippen LogP contribution < -0.4 is 10.1 Å². The Kier molecular flexibility index (Phi) is 6.30. The molecule has 1 unspecified atom stereocenters. The van der Waals surface area contributed by atoms with Gasteiger partial charge in [0.15, 0.2) is 0 Å². The van der Waals surface area contributed by atoms with Crippen molar-refractivity contribution < 1.29 is 9.53 Å². The highest BCUT2D eigenvalue weighted by Crippen LogP contribution is 2.34. The third-order valence-corrected chi connectivity index (χ3v) is 6.32. The molecule has 2 aromatic carbocycles. The van der Waals surface area contributed by atoms with Gasteiger partial charge in [-0.05, 0) is 80.2 Å². The van der Waals surface area contributed by atoms with E-state index in [2.05, 4.69) is 33.5 Å². The van der Waals surface area contributed by atoms with Crippen LogP contribution in [0.2, 0.25) is 5.02 Å². The number of aromatic amines is 1. The lowest BCUT2D eigenvalue weighted by Gasteiger charge is -2.31. The Morgan fingerprint density at radius 1 is 1.23 bits per heavy atom. The molecule has 3 aromatic rings. The van der Waals surface area contributed by atoms with E-state index in [1.54, 1.807) is 7.11 Å². The molecule has 0 radical (unpaired) electrons. The second kappa shape index (κ2) is 9.11. The molecule has 0 aliphatic carbocycles. The average Bonchev–Trinajstić information content (AvgIpc) is 3.17. The van der Waals surface area contributed by atoms with Gasteiger partial charge in [-0.1, -0.05) is 23.7 Å². The van der Waals surface area contributed by atoms with Crippen LogP contribution in [0.5, 0.6) is 5.75 Å². The fourth-order valence-electron chi connectivity index (χ4n) is 4.31. The van der Waals surface area contributed by atoms with Crippen molar-refractivity contribution in [1.82, 2.24) is 15.2 Å². The number of ether oxygens (including phenoxy) is 1. The number of carbonyl (C=O) groups is 1. The largest absolute Gasteiger partial charge is 0.497 e. The molecule has 0 bridgehead atoms. The van der Waals surface area contributed by atoms with Crippen molar-refractivity contribution in [3.05, 3.63) is 64.8 Å². The molecule has 1 amide bonds. The maximum atomic E-state index is 12.5. The van der Waals surface area contributed by atoms with Crippen molar-refractivity contribution in [2.24, 2.45) is 0 Å². The standard InChI is InChI=1S/C24H28ClN3O2/c1-16(17-3-5-19(25)6-4-17)27-24(29)15-28-11-9-18(10-12-28)22-14-26-23-8-7-20(30-2)13-21(22)23/h3-8,13-14,16,18,26H,9-12,15H2,1-2H3,(H,27,29). The Morgan fingerprint density at radius 3 is 2.67 bits per heavy atom. The fourth-order valence-corrected chi connectivity index (χ4v) is 4.44. The molecule has 1 fully saturated rings. The van der Waals surface area contributed by atoms with Gasteiger partial charge in [-0.25, -0.2) is 0 Å². The zero-order valence-corrected chi connectivity index (χ0v) is 18.2. The highest BCUT2D eigenvalue weighted by atomic mass is 35.5. The molecule has 2 N–H and O–H groups in total. The lowest BCUT2D eigenvalue weighted by Crippen LogP contribution is -2.41. The minimum absolute atomic E-state index is 0.0338. The molecule has 2 heterocycles. The van der Waals surface area contributed by atoms with Crippen LogP contribution in [0.25, 0.3) is 10.9 Å². The van der Waals surface area contributed by atoms with E-state index in [0.29, 0.717) is 17.5 Å².